The van der Waals surface area contributed by atoms with Gasteiger partial charge in [-0.15, -0.1) is 0 Å². The largest absolute Gasteiger partial charge is 0.493 e. The molecular formula is C16H26N2O2. The van der Waals surface area contributed by atoms with E-state index in [9.17, 15) is 0 Å². The summed E-state index contributed by atoms with van der Waals surface area (Å²) in [7, 11) is 3.31. The molecular weight excluding hydrogens is 252 g/mol. The maximum Gasteiger partial charge on any atom is 0.161 e. The molecule has 0 saturated heterocycles. The number of benzene rings is 1. The Morgan fingerprint density at radius 1 is 1.20 bits per heavy atom. The number of rotatable bonds is 5. The van der Waals surface area contributed by atoms with Crippen molar-refractivity contribution in [1.29, 1.82) is 0 Å². The lowest BCUT2D eigenvalue weighted by molar-refractivity contribution is 0.224. The standard InChI is InChI=1S/C16H26N2O2/c1-11-5-4-6-12(9-11)16(18-17)13-7-8-14(19-2)15(10-13)20-3/h7-8,10-12,16,18H,4-6,9,17H2,1-3H3. The number of hydrogen-bond donors (Lipinski definition) is 2. The number of nitrogens with two attached hydrogens (primary N) is 1. The summed E-state index contributed by atoms with van der Waals surface area (Å²) >= 11 is 0. The van der Waals surface area contributed by atoms with Gasteiger partial charge < -0.3 is 9.47 Å². The maximum absolute atomic E-state index is 5.82. The van der Waals surface area contributed by atoms with Crippen LogP contribution < -0.4 is 20.7 Å². The summed E-state index contributed by atoms with van der Waals surface area (Å²) in [6.45, 7) is 2.33. The fourth-order valence-electron chi connectivity index (χ4n) is 3.33. The molecule has 0 aromatic heterocycles. The van der Waals surface area contributed by atoms with Crippen LogP contribution in [0.25, 0.3) is 0 Å². The van der Waals surface area contributed by atoms with E-state index in [0.717, 1.165) is 17.4 Å². The van der Waals surface area contributed by atoms with Crippen LogP contribution in [0.5, 0.6) is 11.5 Å². The van der Waals surface area contributed by atoms with Gasteiger partial charge in [0.25, 0.3) is 0 Å². The van der Waals surface area contributed by atoms with Gasteiger partial charge in [-0.05, 0) is 42.4 Å². The lowest BCUT2D eigenvalue weighted by atomic mass is 9.77. The van der Waals surface area contributed by atoms with E-state index in [0.29, 0.717) is 5.92 Å². The van der Waals surface area contributed by atoms with Crippen LogP contribution in [-0.4, -0.2) is 14.2 Å². The van der Waals surface area contributed by atoms with Gasteiger partial charge in [0.15, 0.2) is 11.5 Å². The van der Waals surface area contributed by atoms with E-state index in [4.69, 9.17) is 15.3 Å². The SMILES string of the molecule is COc1ccc(C(NN)C2CCCC(C)C2)cc1OC. The number of hydrogen-bond acceptors (Lipinski definition) is 4. The summed E-state index contributed by atoms with van der Waals surface area (Å²) in [6.07, 6.45) is 5.08. The van der Waals surface area contributed by atoms with Gasteiger partial charge in [-0.25, -0.2) is 0 Å². The third-order valence-corrected chi connectivity index (χ3v) is 4.39. The Balaban J connectivity index is 2.22. The highest BCUT2D eigenvalue weighted by molar-refractivity contribution is 5.43. The summed E-state index contributed by atoms with van der Waals surface area (Å²) < 4.78 is 10.7. The Kier molecular flexibility index (Phi) is 5.26. The van der Waals surface area contributed by atoms with Gasteiger partial charge in [-0.1, -0.05) is 25.8 Å². The predicted octanol–water partition coefficient (Wildman–Crippen LogP) is 3.03. The number of hydrazine groups is 1. The zero-order valence-corrected chi connectivity index (χ0v) is 12.7. The van der Waals surface area contributed by atoms with Crippen molar-refractivity contribution in [2.24, 2.45) is 17.7 Å². The van der Waals surface area contributed by atoms with E-state index in [1.165, 1.54) is 31.2 Å². The van der Waals surface area contributed by atoms with E-state index >= 15 is 0 Å². The quantitative estimate of drug-likeness (QED) is 0.642. The lowest BCUT2D eigenvalue weighted by Gasteiger charge is -2.33. The monoisotopic (exact) mass is 278 g/mol. The second-order valence-electron chi connectivity index (χ2n) is 5.79. The summed E-state index contributed by atoms with van der Waals surface area (Å²) in [5.41, 5.74) is 4.17. The smallest absolute Gasteiger partial charge is 0.161 e. The van der Waals surface area contributed by atoms with Crippen molar-refractivity contribution in [2.45, 2.75) is 38.6 Å². The highest BCUT2D eigenvalue weighted by atomic mass is 16.5. The van der Waals surface area contributed by atoms with Crippen LogP contribution in [0, 0.1) is 11.8 Å². The van der Waals surface area contributed by atoms with Crippen LogP contribution in [0.1, 0.15) is 44.2 Å². The molecule has 2 rings (SSSR count). The molecule has 3 N–H and O–H groups in total. The molecule has 0 spiro atoms. The Morgan fingerprint density at radius 2 is 1.95 bits per heavy atom. The van der Waals surface area contributed by atoms with Gasteiger partial charge in [0.1, 0.15) is 0 Å². The fourth-order valence-corrected chi connectivity index (χ4v) is 3.33. The molecule has 0 amide bonds. The highest BCUT2D eigenvalue weighted by Crippen LogP contribution is 2.39. The van der Waals surface area contributed by atoms with E-state index in [1.54, 1.807) is 14.2 Å². The summed E-state index contributed by atoms with van der Waals surface area (Å²) in [5, 5.41) is 0. The van der Waals surface area contributed by atoms with Crippen LogP contribution >= 0.6 is 0 Å². The van der Waals surface area contributed by atoms with Gasteiger partial charge in [-0.3, -0.25) is 11.3 Å². The van der Waals surface area contributed by atoms with E-state index < -0.39 is 0 Å². The second kappa shape index (κ2) is 6.95. The Labute approximate surface area is 121 Å². The first-order chi connectivity index (χ1) is 9.69. The number of ether oxygens (including phenoxy) is 2. The van der Waals surface area contributed by atoms with Crippen LogP contribution in [-0.2, 0) is 0 Å². The minimum atomic E-state index is 0.178. The molecule has 1 aliphatic rings. The molecule has 1 aromatic rings. The second-order valence-corrected chi connectivity index (χ2v) is 5.79. The first-order valence-corrected chi connectivity index (χ1v) is 7.37. The van der Waals surface area contributed by atoms with Gasteiger partial charge >= 0.3 is 0 Å². The molecule has 0 bridgehead atoms. The number of nitrogens with one attached hydrogen (secondary N) is 1. The van der Waals surface area contributed by atoms with E-state index in [-0.39, 0.29) is 6.04 Å². The molecule has 112 valence electrons. The molecule has 1 aliphatic carbocycles. The summed E-state index contributed by atoms with van der Waals surface area (Å²) in [5.74, 6) is 8.70. The Hall–Kier alpha value is -1.26. The summed E-state index contributed by atoms with van der Waals surface area (Å²) in [4.78, 5) is 0. The molecule has 3 unspecified atom stereocenters. The van der Waals surface area contributed by atoms with Crippen molar-refractivity contribution < 1.29 is 9.47 Å². The molecule has 1 saturated carbocycles. The molecule has 4 heteroatoms. The maximum atomic E-state index is 5.82. The third-order valence-electron chi connectivity index (χ3n) is 4.39. The van der Waals surface area contributed by atoms with E-state index in [2.05, 4.69) is 18.4 Å². The first-order valence-electron chi connectivity index (χ1n) is 7.37. The van der Waals surface area contributed by atoms with Crippen molar-refractivity contribution in [3.05, 3.63) is 23.8 Å². The van der Waals surface area contributed by atoms with Crippen molar-refractivity contribution in [2.75, 3.05) is 14.2 Å². The summed E-state index contributed by atoms with van der Waals surface area (Å²) in [6, 6.07) is 6.23. The van der Waals surface area contributed by atoms with Gasteiger partial charge in [0.05, 0.1) is 14.2 Å². The molecule has 20 heavy (non-hydrogen) atoms. The van der Waals surface area contributed by atoms with Crippen LogP contribution in [0.4, 0.5) is 0 Å². The molecule has 3 atom stereocenters. The lowest BCUT2D eigenvalue weighted by Crippen LogP contribution is -2.35. The molecule has 4 nitrogen and oxygen atoms in total. The molecule has 0 radical (unpaired) electrons. The minimum Gasteiger partial charge on any atom is -0.493 e. The minimum absolute atomic E-state index is 0.178. The zero-order chi connectivity index (χ0) is 14.5. The molecule has 0 aliphatic heterocycles. The van der Waals surface area contributed by atoms with Crippen molar-refractivity contribution in [3.63, 3.8) is 0 Å². The highest BCUT2D eigenvalue weighted by Gasteiger charge is 2.27. The van der Waals surface area contributed by atoms with Crippen LogP contribution in [0.3, 0.4) is 0 Å². The van der Waals surface area contributed by atoms with E-state index in [1.807, 2.05) is 12.1 Å². The first kappa shape index (κ1) is 15.1. The Morgan fingerprint density at radius 3 is 2.55 bits per heavy atom. The topological polar surface area (TPSA) is 56.5 Å². The van der Waals surface area contributed by atoms with Crippen molar-refractivity contribution in [3.8, 4) is 11.5 Å². The Bertz CT molecular complexity index is 436. The molecule has 1 aromatic carbocycles. The molecule has 1 fully saturated rings. The van der Waals surface area contributed by atoms with Gasteiger partial charge in [0, 0.05) is 6.04 Å². The van der Waals surface area contributed by atoms with Crippen LogP contribution in [0.2, 0.25) is 0 Å². The van der Waals surface area contributed by atoms with Gasteiger partial charge in [0.2, 0.25) is 0 Å². The fraction of sp³-hybridized carbons (Fsp3) is 0.625. The van der Waals surface area contributed by atoms with Crippen LogP contribution in [0.15, 0.2) is 18.2 Å². The number of methoxy groups -OCH3 is 2. The molecule has 0 heterocycles. The normalized spacial score (nSPS) is 24.2. The van der Waals surface area contributed by atoms with Gasteiger partial charge in [-0.2, -0.15) is 0 Å². The average molecular weight is 278 g/mol. The average Bonchev–Trinajstić information content (AvgIpc) is 2.48. The third kappa shape index (κ3) is 3.25. The van der Waals surface area contributed by atoms with Crippen molar-refractivity contribution >= 4 is 0 Å². The van der Waals surface area contributed by atoms with Crippen molar-refractivity contribution in [1.82, 2.24) is 5.43 Å². The zero-order valence-electron chi connectivity index (χ0n) is 12.7. The predicted molar refractivity (Wildman–Crippen MR) is 80.7 cm³/mol.